The highest BCUT2D eigenvalue weighted by molar-refractivity contribution is 9.10. The van der Waals surface area contributed by atoms with Gasteiger partial charge in [-0.1, -0.05) is 19.9 Å². The molecule has 1 aliphatic heterocycles. The Bertz CT molecular complexity index is 849. The average Bonchev–Trinajstić information content (AvgIpc) is 2.47. The van der Waals surface area contributed by atoms with Crippen LogP contribution in [0.25, 0.3) is 0 Å². The third kappa shape index (κ3) is 2.73. The fourth-order valence-corrected chi connectivity index (χ4v) is 3.71. The Balaban J connectivity index is 2.20. The van der Waals surface area contributed by atoms with Gasteiger partial charge in [-0.25, -0.2) is 4.39 Å². The molecule has 3 rings (SSSR count). The first-order valence-corrected chi connectivity index (χ1v) is 8.31. The number of Topliss-reactive ketones (excluding diaryl/α,β-unsaturated/α-hetero) is 1. The summed E-state index contributed by atoms with van der Waals surface area (Å²) in [5.41, 5.74) is 6.97. The van der Waals surface area contributed by atoms with Crippen molar-refractivity contribution >= 4 is 21.7 Å². The van der Waals surface area contributed by atoms with Crippen LogP contribution >= 0.6 is 15.9 Å². The maximum absolute atomic E-state index is 13.6. The average molecular weight is 391 g/mol. The van der Waals surface area contributed by atoms with Crippen LogP contribution in [0, 0.1) is 22.6 Å². The van der Waals surface area contributed by atoms with Gasteiger partial charge in [0.1, 0.15) is 23.2 Å². The smallest absolute Gasteiger partial charge is 0.205 e. The molecule has 24 heavy (non-hydrogen) atoms. The predicted octanol–water partition coefficient (Wildman–Crippen LogP) is 4.04. The SMILES string of the molecule is CC1(C)CC(=O)C2=C(C1)OC(N)=C(C#N)[C@@H]2c1ccc(F)c(Br)c1. The van der Waals surface area contributed by atoms with Crippen LogP contribution in [-0.4, -0.2) is 5.78 Å². The summed E-state index contributed by atoms with van der Waals surface area (Å²) in [5.74, 6) is -0.580. The number of ketones is 1. The minimum Gasteiger partial charge on any atom is -0.444 e. The summed E-state index contributed by atoms with van der Waals surface area (Å²) >= 11 is 3.15. The van der Waals surface area contributed by atoms with Crippen LogP contribution in [0.2, 0.25) is 0 Å². The molecule has 0 bridgehead atoms. The minimum atomic E-state index is -0.626. The third-order valence-corrected chi connectivity index (χ3v) is 4.96. The van der Waals surface area contributed by atoms with Gasteiger partial charge in [0, 0.05) is 18.4 Å². The van der Waals surface area contributed by atoms with Crippen LogP contribution in [0.3, 0.4) is 0 Å². The lowest BCUT2D eigenvalue weighted by atomic mass is 9.70. The lowest BCUT2D eigenvalue weighted by Crippen LogP contribution is -2.33. The van der Waals surface area contributed by atoms with Crippen molar-refractivity contribution in [3.63, 3.8) is 0 Å². The molecule has 2 N–H and O–H groups in total. The lowest BCUT2D eigenvalue weighted by molar-refractivity contribution is -0.119. The molecule has 0 saturated heterocycles. The van der Waals surface area contributed by atoms with Crippen molar-refractivity contribution in [3.8, 4) is 6.07 Å². The molecule has 0 unspecified atom stereocenters. The number of halogens is 2. The van der Waals surface area contributed by atoms with E-state index in [0.29, 0.717) is 29.7 Å². The van der Waals surface area contributed by atoms with Gasteiger partial charge in [0.25, 0.3) is 0 Å². The number of benzene rings is 1. The Morgan fingerprint density at radius 3 is 2.75 bits per heavy atom. The van der Waals surface area contributed by atoms with E-state index in [2.05, 4.69) is 15.9 Å². The van der Waals surface area contributed by atoms with Crippen molar-refractivity contribution in [2.75, 3.05) is 0 Å². The van der Waals surface area contributed by atoms with E-state index in [1.807, 2.05) is 19.9 Å². The number of allylic oxidation sites excluding steroid dienone is 3. The predicted molar refractivity (Wildman–Crippen MR) is 89.8 cm³/mol. The van der Waals surface area contributed by atoms with Crippen LogP contribution in [0.4, 0.5) is 4.39 Å². The van der Waals surface area contributed by atoms with Crippen LogP contribution in [-0.2, 0) is 9.53 Å². The summed E-state index contributed by atoms with van der Waals surface area (Å²) in [6.45, 7) is 3.97. The molecule has 1 aliphatic carbocycles. The Morgan fingerprint density at radius 2 is 2.12 bits per heavy atom. The molecular weight excluding hydrogens is 375 g/mol. The molecule has 0 saturated carbocycles. The number of hydrogen-bond acceptors (Lipinski definition) is 4. The van der Waals surface area contributed by atoms with Gasteiger partial charge in [0.15, 0.2) is 5.78 Å². The van der Waals surface area contributed by atoms with Crippen molar-refractivity contribution in [1.29, 1.82) is 5.26 Å². The van der Waals surface area contributed by atoms with E-state index in [1.165, 1.54) is 6.07 Å². The first kappa shape index (κ1) is 16.7. The maximum atomic E-state index is 13.6. The zero-order valence-electron chi connectivity index (χ0n) is 13.3. The number of rotatable bonds is 1. The maximum Gasteiger partial charge on any atom is 0.205 e. The fourth-order valence-electron chi connectivity index (χ4n) is 3.31. The van der Waals surface area contributed by atoms with E-state index >= 15 is 0 Å². The second kappa shape index (κ2) is 5.75. The summed E-state index contributed by atoms with van der Waals surface area (Å²) in [7, 11) is 0. The van der Waals surface area contributed by atoms with E-state index in [4.69, 9.17) is 10.5 Å². The summed E-state index contributed by atoms with van der Waals surface area (Å²) in [5, 5.41) is 9.51. The molecule has 0 spiro atoms. The highest BCUT2D eigenvalue weighted by atomic mass is 79.9. The number of hydrogen-bond donors (Lipinski definition) is 1. The van der Waals surface area contributed by atoms with E-state index in [-0.39, 0.29) is 27.1 Å². The van der Waals surface area contributed by atoms with Crippen molar-refractivity contribution in [1.82, 2.24) is 0 Å². The highest BCUT2D eigenvalue weighted by Gasteiger charge is 2.42. The molecule has 0 fully saturated rings. The molecule has 0 aromatic heterocycles. The Morgan fingerprint density at radius 1 is 1.42 bits per heavy atom. The Hall–Kier alpha value is -2.13. The van der Waals surface area contributed by atoms with Crippen molar-refractivity contribution in [2.24, 2.45) is 11.1 Å². The molecule has 124 valence electrons. The summed E-state index contributed by atoms with van der Waals surface area (Å²) < 4.78 is 19.5. The zero-order valence-corrected chi connectivity index (χ0v) is 14.9. The second-order valence-corrected chi connectivity index (χ2v) is 7.73. The normalized spacial score (nSPS) is 22.8. The first-order chi connectivity index (χ1) is 11.2. The van der Waals surface area contributed by atoms with Crippen LogP contribution in [0.1, 0.15) is 38.2 Å². The van der Waals surface area contributed by atoms with E-state index in [0.717, 1.165) is 0 Å². The molecule has 1 aromatic rings. The molecule has 6 heteroatoms. The third-order valence-electron chi connectivity index (χ3n) is 4.35. The van der Waals surface area contributed by atoms with Gasteiger partial charge in [-0.15, -0.1) is 0 Å². The number of carbonyl (C=O) groups is 1. The van der Waals surface area contributed by atoms with Gasteiger partial charge in [-0.3, -0.25) is 4.79 Å². The van der Waals surface area contributed by atoms with E-state index in [1.54, 1.807) is 12.1 Å². The van der Waals surface area contributed by atoms with Crippen molar-refractivity contribution < 1.29 is 13.9 Å². The van der Waals surface area contributed by atoms with E-state index < -0.39 is 11.7 Å². The molecule has 0 radical (unpaired) electrons. The molecule has 0 amide bonds. The number of nitriles is 1. The monoisotopic (exact) mass is 390 g/mol. The van der Waals surface area contributed by atoms with Gasteiger partial charge < -0.3 is 10.5 Å². The fraction of sp³-hybridized carbons (Fsp3) is 0.333. The molecule has 4 nitrogen and oxygen atoms in total. The summed E-state index contributed by atoms with van der Waals surface area (Å²) in [4.78, 5) is 12.8. The standard InChI is InChI=1S/C18H16BrFN2O2/c1-18(2)6-13(23)16-14(7-18)24-17(22)10(8-21)15(16)9-3-4-12(20)11(19)5-9/h3-5,15H,6-7,22H2,1-2H3/t15-/m0/s1. The lowest BCUT2D eigenvalue weighted by Gasteiger charge is -2.37. The Kier molecular flexibility index (Phi) is 4.00. The quantitative estimate of drug-likeness (QED) is 0.784. The van der Waals surface area contributed by atoms with E-state index in [9.17, 15) is 14.4 Å². The van der Waals surface area contributed by atoms with Gasteiger partial charge in [0.05, 0.1) is 10.4 Å². The number of nitrogens with zero attached hydrogens (tertiary/aromatic N) is 1. The number of ether oxygens (including phenoxy) is 1. The highest BCUT2D eigenvalue weighted by Crippen LogP contribution is 2.48. The van der Waals surface area contributed by atoms with Gasteiger partial charge in [-0.2, -0.15) is 5.26 Å². The first-order valence-electron chi connectivity index (χ1n) is 7.52. The summed E-state index contributed by atoms with van der Waals surface area (Å²) in [6.07, 6.45) is 0.930. The summed E-state index contributed by atoms with van der Waals surface area (Å²) in [6, 6.07) is 6.49. The second-order valence-electron chi connectivity index (χ2n) is 6.88. The largest absolute Gasteiger partial charge is 0.444 e. The molecule has 2 aliphatic rings. The van der Waals surface area contributed by atoms with Crippen LogP contribution < -0.4 is 5.73 Å². The molecule has 1 aromatic carbocycles. The van der Waals surface area contributed by atoms with Gasteiger partial charge >= 0.3 is 0 Å². The zero-order chi connectivity index (χ0) is 17.6. The number of carbonyl (C=O) groups excluding carboxylic acids is 1. The molecule has 1 heterocycles. The van der Waals surface area contributed by atoms with Crippen LogP contribution in [0.5, 0.6) is 0 Å². The van der Waals surface area contributed by atoms with Crippen molar-refractivity contribution in [3.05, 3.63) is 56.8 Å². The molecule has 1 atom stereocenters. The topological polar surface area (TPSA) is 76.1 Å². The Labute approximate surface area is 147 Å². The van der Waals surface area contributed by atoms with Crippen molar-refractivity contribution in [2.45, 2.75) is 32.6 Å². The van der Waals surface area contributed by atoms with Crippen LogP contribution in [0.15, 0.2) is 45.5 Å². The minimum absolute atomic E-state index is 0.00666. The number of nitrogens with two attached hydrogens (primary N) is 1. The van der Waals surface area contributed by atoms with Gasteiger partial charge in [-0.05, 0) is 39.0 Å². The van der Waals surface area contributed by atoms with Gasteiger partial charge in [0.2, 0.25) is 5.88 Å². The molecular formula is C18H16BrFN2O2.